The van der Waals surface area contributed by atoms with Crippen LogP contribution in [0.15, 0.2) is 0 Å². The molecule has 1 amide bonds. The van der Waals surface area contributed by atoms with Gasteiger partial charge in [0.1, 0.15) is 0 Å². The van der Waals surface area contributed by atoms with Gasteiger partial charge in [-0.3, -0.25) is 4.79 Å². The highest BCUT2D eigenvalue weighted by molar-refractivity contribution is 5.77. The van der Waals surface area contributed by atoms with Crippen molar-refractivity contribution in [3.05, 3.63) is 0 Å². The number of nitrogens with two attached hydrogens (primary N) is 1. The maximum atomic E-state index is 10.8. The van der Waals surface area contributed by atoms with Gasteiger partial charge in [-0.2, -0.15) is 0 Å². The monoisotopic (exact) mass is 187 g/mol. The molecule has 0 aromatic carbocycles. The van der Waals surface area contributed by atoms with Crippen LogP contribution >= 0.6 is 0 Å². The van der Waals surface area contributed by atoms with E-state index in [0.717, 1.165) is 13.0 Å². The SMILES string of the molecule is CCC(C)N(C)CCNC(=O)CN. The molecule has 1 unspecified atom stereocenters. The van der Waals surface area contributed by atoms with E-state index in [0.29, 0.717) is 12.6 Å². The topological polar surface area (TPSA) is 58.4 Å². The summed E-state index contributed by atoms with van der Waals surface area (Å²) in [6.07, 6.45) is 1.13. The molecule has 0 rings (SSSR count). The molecule has 0 aliphatic carbocycles. The van der Waals surface area contributed by atoms with Crippen LogP contribution in [0.3, 0.4) is 0 Å². The normalized spacial score (nSPS) is 13.0. The van der Waals surface area contributed by atoms with Crippen LogP contribution in [0, 0.1) is 0 Å². The first-order chi connectivity index (χ1) is 6.11. The highest BCUT2D eigenvalue weighted by atomic mass is 16.1. The number of carbonyl (C=O) groups is 1. The second-order valence-corrected chi connectivity index (χ2v) is 3.29. The third-order valence-electron chi connectivity index (χ3n) is 2.32. The highest BCUT2D eigenvalue weighted by Crippen LogP contribution is 1.97. The molecule has 0 aromatic heterocycles. The van der Waals surface area contributed by atoms with Crippen molar-refractivity contribution in [3.63, 3.8) is 0 Å². The number of rotatable bonds is 6. The Morgan fingerprint density at radius 2 is 2.23 bits per heavy atom. The Morgan fingerprint density at radius 1 is 1.62 bits per heavy atom. The molecule has 78 valence electrons. The van der Waals surface area contributed by atoms with Gasteiger partial charge in [0.2, 0.25) is 5.91 Å². The quantitative estimate of drug-likeness (QED) is 0.605. The molecule has 0 saturated heterocycles. The summed E-state index contributed by atoms with van der Waals surface area (Å²) in [6, 6.07) is 0.565. The summed E-state index contributed by atoms with van der Waals surface area (Å²) < 4.78 is 0. The number of hydrogen-bond acceptors (Lipinski definition) is 3. The average Bonchev–Trinajstić information content (AvgIpc) is 2.15. The molecule has 0 bridgehead atoms. The molecule has 0 aliphatic heterocycles. The van der Waals surface area contributed by atoms with Gasteiger partial charge in [0.25, 0.3) is 0 Å². The highest BCUT2D eigenvalue weighted by Gasteiger charge is 2.05. The van der Waals surface area contributed by atoms with E-state index in [1.54, 1.807) is 0 Å². The van der Waals surface area contributed by atoms with Crippen molar-refractivity contribution >= 4 is 5.91 Å². The summed E-state index contributed by atoms with van der Waals surface area (Å²) in [5.74, 6) is -0.0856. The largest absolute Gasteiger partial charge is 0.354 e. The summed E-state index contributed by atoms with van der Waals surface area (Å²) in [5.41, 5.74) is 5.15. The van der Waals surface area contributed by atoms with Crippen LogP contribution in [-0.2, 0) is 4.79 Å². The first-order valence-corrected chi connectivity index (χ1v) is 4.78. The summed E-state index contributed by atoms with van der Waals surface area (Å²) in [6.45, 7) is 5.95. The van der Waals surface area contributed by atoms with E-state index in [2.05, 4.69) is 31.1 Å². The standard InChI is InChI=1S/C9H21N3O/c1-4-8(2)12(3)6-5-11-9(13)7-10/h8H,4-7,10H2,1-3H3,(H,11,13). The van der Waals surface area contributed by atoms with Crippen molar-refractivity contribution in [3.8, 4) is 0 Å². The van der Waals surface area contributed by atoms with Crippen molar-refractivity contribution in [2.24, 2.45) is 5.73 Å². The van der Waals surface area contributed by atoms with Gasteiger partial charge in [-0.15, -0.1) is 0 Å². The van der Waals surface area contributed by atoms with Gasteiger partial charge in [-0.25, -0.2) is 0 Å². The fourth-order valence-corrected chi connectivity index (χ4v) is 0.976. The lowest BCUT2D eigenvalue weighted by Crippen LogP contribution is -2.39. The maximum Gasteiger partial charge on any atom is 0.233 e. The molecule has 1 atom stereocenters. The van der Waals surface area contributed by atoms with Crippen LogP contribution in [-0.4, -0.2) is 43.5 Å². The minimum atomic E-state index is -0.0856. The molecule has 4 nitrogen and oxygen atoms in total. The zero-order valence-corrected chi connectivity index (χ0v) is 8.84. The summed E-state index contributed by atoms with van der Waals surface area (Å²) in [4.78, 5) is 13.0. The molecule has 4 heteroatoms. The van der Waals surface area contributed by atoms with E-state index in [1.165, 1.54) is 0 Å². The van der Waals surface area contributed by atoms with Crippen molar-refractivity contribution < 1.29 is 4.79 Å². The molecule has 0 heterocycles. The van der Waals surface area contributed by atoms with Crippen molar-refractivity contribution in [1.29, 1.82) is 0 Å². The molecular formula is C9H21N3O. The number of hydrogen-bond donors (Lipinski definition) is 2. The van der Waals surface area contributed by atoms with Gasteiger partial charge >= 0.3 is 0 Å². The van der Waals surface area contributed by atoms with Crippen LogP contribution in [0.4, 0.5) is 0 Å². The molecule has 0 aliphatic rings. The number of likely N-dealkylation sites (N-methyl/N-ethyl adjacent to an activating group) is 1. The van der Waals surface area contributed by atoms with E-state index < -0.39 is 0 Å². The molecule has 3 N–H and O–H groups in total. The minimum absolute atomic E-state index is 0.0764. The van der Waals surface area contributed by atoms with Crippen molar-refractivity contribution in [2.75, 3.05) is 26.7 Å². The van der Waals surface area contributed by atoms with E-state index in [1.807, 2.05) is 0 Å². The fraction of sp³-hybridized carbons (Fsp3) is 0.889. The molecule has 0 radical (unpaired) electrons. The van der Waals surface area contributed by atoms with Gasteiger partial charge < -0.3 is 16.0 Å². The Morgan fingerprint density at radius 3 is 2.69 bits per heavy atom. The summed E-state index contributed by atoms with van der Waals surface area (Å²) >= 11 is 0. The smallest absolute Gasteiger partial charge is 0.233 e. The molecule has 13 heavy (non-hydrogen) atoms. The average molecular weight is 187 g/mol. The Kier molecular flexibility index (Phi) is 6.54. The predicted octanol–water partition coefficient (Wildman–Crippen LogP) is -0.208. The number of nitrogens with zero attached hydrogens (tertiary/aromatic N) is 1. The van der Waals surface area contributed by atoms with Crippen LogP contribution in [0.2, 0.25) is 0 Å². The zero-order chi connectivity index (χ0) is 10.3. The van der Waals surface area contributed by atoms with E-state index in [4.69, 9.17) is 5.73 Å². The predicted molar refractivity (Wildman–Crippen MR) is 54.4 cm³/mol. The Balaban J connectivity index is 3.47. The molecular weight excluding hydrogens is 166 g/mol. The van der Waals surface area contributed by atoms with Gasteiger partial charge in [0.05, 0.1) is 6.54 Å². The number of amides is 1. The van der Waals surface area contributed by atoms with Gasteiger partial charge in [-0.05, 0) is 20.4 Å². The molecule has 0 fully saturated rings. The third kappa shape index (κ3) is 5.60. The van der Waals surface area contributed by atoms with Gasteiger partial charge in [-0.1, -0.05) is 6.92 Å². The second kappa shape index (κ2) is 6.86. The number of nitrogens with one attached hydrogen (secondary N) is 1. The lowest BCUT2D eigenvalue weighted by molar-refractivity contribution is -0.119. The van der Waals surface area contributed by atoms with Crippen molar-refractivity contribution in [2.45, 2.75) is 26.3 Å². The minimum Gasteiger partial charge on any atom is -0.354 e. The molecule has 0 aromatic rings. The first-order valence-electron chi connectivity index (χ1n) is 4.78. The lowest BCUT2D eigenvalue weighted by Gasteiger charge is -2.23. The van der Waals surface area contributed by atoms with Crippen LogP contribution < -0.4 is 11.1 Å². The fourth-order valence-electron chi connectivity index (χ4n) is 0.976. The van der Waals surface area contributed by atoms with Crippen LogP contribution in [0.1, 0.15) is 20.3 Å². The van der Waals surface area contributed by atoms with Crippen LogP contribution in [0.25, 0.3) is 0 Å². The van der Waals surface area contributed by atoms with E-state index in [-0.39, 0.29) is 12.5 Å². The molecule has 0 saturated carbocycles. The van der Waals surface area contributed by atoms with Gasteiger partial charge in [0, 0.05) is 19.1 Å². The zero-order valence-electron chi connectivity index (χ0n) is 8.84. The lowest BCUT2D eigenvalue weighted by atomic mass is 10.2. The Hall–Kier alpha value is -0.610. The van der Waals surface area contributed by atoms with Crippen LogP contribution in [0.5, 0.6) is 0 Å². The summed E-state index contributed by atoms with van der Waals surface area (Å²) in [5, 5.41) is 2.74. The number of carbonyl (C=O) groups excluding carboxylic acids is 1. The first kappa shape index (κ1) is 12.4. The maximum absolute atomic E-state index is 10.8. The Labute approximate surface area is 80.5 Å². The van der Waals surface area contributed by atoms with E-state index >= 15 is 0 Å². The molecule has 0 spiro atoms. The van der Waals surface area contributed by atoms with E-state index in [9.17, 15) is 4.79 Å². The second-order valence-electron chi connectivity index (χ2n) is 3.29. The Bertz CT molecular complexity index is 150. The summed E-state index contributed by atoms with van der Waals surface area (Å²) in [7, 11) is 2.06. The van der Waals surface area contributed by atoms with Gasteiger partial charge in [0.15, 0.2) is 0 Å². The third-order valence-corrected chi connectivity index (χ3v) is 2.32. The van der Waals surface area contributed by atoms with Crippen molar-refractivity contribution in [1.82, 2.24) is 10.2 Å².